The predicted molar refractivity (Wildman–Crippen MR) is 92.7 cm³/mol. The molecular formula is C13H11Br2Cl2N3O. The number of aromatic nitrogens is 2. The molecule has 0 aliphatic heterocycles. The summed E-state index contributed by atoms with van der Waals surface area (Å²) >= 11 is 18.9. The van der Waals surface area contributed by atoms with Gasteiger partial charge in [0.1, 0.15) is 22.4 Å². The Labute approximate surface area is 149 Å². The Kier molecular flexibility index (Phi) is 6.10. The first-order valence-electron chi connectivity index (χ1n) is 6.09. The van der Waals surface area contributed by atoms with Gasteiger partial charge in [0, 0.05) is 17.1 Å². The summed E-state index contributed by atoms with van der Waals surface area (Å²) < 4.78 is 7.06. The van der Waals surface area contributed by atoms with Crippen molar-refractivity contribution in [2.24, 2.45) is 0 Å². The van der Waals surface area contributed by atoms with Crippen LogP contribution in [0.4, 0.5) is 5.82 Å². The second-order valence-electron chi connectivity index (χ2n) is 4.07. The SMILES string of the molecule is CCCNc1ncnc(Oc2cc(Cl)c(Br)cc2Cl)c1Br. The van der Waals surface area contributed by atoms with Crippen molar-refractivity contribution in [1.82, 2.24) is 9.97 Å². The molecule has 0 saturated carbocycles. The smallest absolute Gasteiger partial charge is 0.238 e. The third-order valence-corrected chi connectivity index (χ3v) is 4.69. The maximum Gasteiger partial charge on any atom is 0.238 e. The fourth-order valence-corrected chi connectivity index (χ4v) is 2.74. The Bertz CT molecular complexity index is 656. The highest BCUT2D eigenvalue weighted by atomic mass is 79.9. The molecule has 1 N–H and O–H groups in total. The third-order valence-electron chi connectivity index (χ3n) is 2.48. The van der Waals surface area contributed by atoms with Gasteiger partial charge in [0.2, 0.25) is 5.88 Å². The van der Waals surface area contributed by atoms with Crippen LogP contribution >= 0.6 is 55.1 Å². The van der Waals surface area contributed by atoms with E-state index in [4.69, 9.17) is 27.9 Å². The summed E-state index contributed by atoms with van der Waals surface area (Å²) in [6.45, 7) is 2.88. The highest BCUT2D eigenvalue weighted by molar-refractivity contribution is 9.11. The fraction of sp³-hybridized carbons (Fsp3) is 0.231. The molecule has 2 rings (SSSR count). The molecule has 0 aliphatic rings. The van der Waals surface area contributed by atoms with E-state index in [-0.39, 0.29) is 0 Å². The fourth-order valence-electron chi connectivity index (χ4n) is 1.48. The summed E-state index contributed by atoms with van der Waals surface area (Å²) in [6, 6.07) is 3.30. The molecule has 0 saturated heterocycles. The number of hydrogen-bond acceptors (Lipinski definition) is 4. The number of anilines is 1. The van der Waals surface area contributed by atoms with Gasteiger partial charge in [0.15, 0.2) is 0 Å². The first kappa shape index (κ1) is 16.8. The summed E-state index contributed by atoms with van der Waals surface area (Å²) in [5.41, 5.74) is 0. The zero-order valence-electron chi connectivity index (χ0n) is 11.0. The van der Waals surface area contributed by atoms with Gasteiger partial charge in [-0.25, -0.2) is 9.97 Å². The molecule has 1 heterocycles. The summed E-state index contributed by atoms with van der Waals surface area (Å²) in [7, 11) is 0. The molecule has 0 fully saturated rings. The third kappa shape index (κ3) is 4.22. The summed E-state index contributed by atoms with van der Waals surface area (Å²) in [6.07, 6.45) is 2.41. The maximum absolute atomic E-state index is 6.14. The molecule has 0 bridgehead atoms. The Morgan fingerprint density at radius 2 is 1.95 bits per heavy atom. The van der Waals surface area contributed by atoms with E-state index in [1.807, 2.05) is 0 Å². The van der Waals surface area contributed by atoms with Gasteiger partial charge in [-0.1, -0.05) is 30.1 Å². The number of rotatable bonds is 5. The van der Waals surface area contributed by atoms with Crippen molar-refractivity contribution in [3.8, 4) is 11.6 Å². The Morgan fingerprint density at radius 1 is 1.19 bits per heavy atom. The van der Waals surface area contributed by atoms with E-state index in [0.717, 1.165) is 13.0 Å². The maximum atomic E-state index is 6.14. The Balaban J connectivity index is 2.29. The highest BCUT2D eigenvalue weighted by Crippen LogP contribution is 2.38. The van der Waals surface area contributed by atoms with E-state index < -0.39 is 0 Å². The van der Waals surface area contributed by atoms with Crippen LogP contribution in [0.5, 0.6) is 11.6 Å². The van der Waals surface area contributed by atoms with Crippen molar-refractivity contribution in [2.75, 3.05) is 11.9 Å². The molecule has 8 heteroatoms. The van der Waals surface area contributed by atoms with Crippen molar-refractivity contribution in [1.29, 1.82) is 0 Å². The van der Waals surface area contributed by atoms with Crippen molar-refractivity contribution in [3.05, 3.63) is 37.5 Å². The second-order valence-corrected chi connectivity index (χ2v) is 6.53. The molecular weight excluding hydrogens is 445 g/mol. The van der Waals surface area contributed by atoms with Gasteiger partial charge in [-0.05, 0) is 44.3 Å². The van der Waals surface area contributed by atoms with E-state index >= 15 is 0 Å². The van der Waals surface area contributed by atoms with Crippen LogP contribution in [-0.2, 0) is 0 Å². The molecule has 4 nitrogen and oxygen atoms in total. The number of nitrogens with one attached hydrogen (secondary N) is 1. The monoisotopic (exact) mass is 453 g/mol. The van der Waals surface area contributed by atoms with Gasteiger partial charge in [-0.3, -0.25) is 0 Å². The first-order valence-corrected chi connectivity index (χ1v) is 8.44. The van der Waals surface area contributed by atoms with Crippen LogP contribution in [0.2, 0.25) is 10.0 Å². The van der Waals surface area contributed by atoms with Gasteiger partial charge in [-0.2, -0.15) is 0 Å². The van der Waals surface area contributed by atoms with Gasteiger partial charge >= 0.3 is 0 Å². The number of nitrogens with zero attached hydrogens (tertiary/aromatic N) is 2. The van der Waals surface area contributed by atoms with Crippen LogP contribution in [0, 0.1) is 0 Å². The molecule has 2 aromatic rings. The van der Waals surface area contributed by atoms with E-state index in [2.05, 4.69) is 54.1 Å². The Morgan fingerprint density at radius 3 is 2.67 bits per heavy atom. The van der Waals surface area contributed by atoms with Crippen LogP contribution in [0.15, 0.2) is 27.4 Å². The molecule has 0 unspecified atom stereocenters. The standard InChI is InChI=1S/C13H11Br2Cl2N3O/c1-2-3-18-12-11(15)13(20-6-19-12)21-10-5-8(16)7(14)4-9(10)17/h4-6H,2-3H2,1H3,(H,18,19,20). The van der Waals surface area contributed by atoms with Crippen molar-refractivity contribution >= 4 is 60.9 Å². The largest absolute Gasteiger partial charge is 0.436 e. The van der Waals surface area contributed by atoms with Crippen LogP contribution < -0.4 is 10.1 Å². The van der Waals surface area contributed by atoms with Crippen LogP contribution in [0.3, 0.4) is 0 Å². The minimum atomic E-state index is 0.365. The molecule has 1 aromatic carbocycles. The van der Waals surface area contributed by atoms with Crippen LogP contribution in [0.25, 0.3) is 0 Å². The minimum Gasteiger partial charge on any atom is -0.436 e. The van der Waals surface area contributed by atoms with Crippen molar-refractivity contribution < 1.29 is 4.74 Å². The lowest BCUT2D eigenvalue weighted by molar-refractivity contribution is 0.458. The van der Waals surface area contributed by atoms with Gasteiger partial charge in [0.05, 0.1) is 10.0 Å². The van der Waals surface area contributed by atoms with Gasteiger partial charge in [-0.15, -0.1) is 0 Å². The lowest BCUT2D eigenvalue weighted by Gasteiger charge is -2.12. The van der Waals surface area contributed by atoms with Crippen LogP contribution in [0.1, 0.15) is 13.3 Å². The lowest BCUT2D eigenvalue weighted by Crippen LogP contribution is -2.04. The quantitative estimate of drug-likeness (QED) is 0.568. The van der Waals surface area contributed by atoms with Crippen LogP contribution in [-0.4, -0.2) is 16.5 Å². The number of halogens is 4. The number of ether oxygens (including phenoxy) is 1. The molecule has 0 spiro atoms. The highest BCUT2D eigenvalue weighted by Gasteiger charge is 2.13. The number of benzene rings is 1. The molecule has 112 valence electrons. The van der Waals surface area contributed by atoms with Gasteiger partial charge < -0.3 is 10.1 Å². The average molecular weight is 456 g/mol. The lowest BCUT2D eigenvalue weighted by atomic mass is 10.3. The predicted octanol–water partition coefficient (Wildman–Crippen LogP) is 5.92. The van der Waals surface area contributed by atoms with Crippen molar-refractivity contribution in [3.63, 3.8) is 0 Å². The summed E-state index contributed by atoms with van der Waals surface area (Å²) in [5, 5.41) is 4.11. The van der Waals surface area contributed by atoms with Gasteiger partial charge in [0.25, 0.3) is 0 Å². The van der Waals surface area contributed by atoms with E-state index in [9.17, 15) is 0 Å². The number of hydrogen-bond donors (Lipinski definition) is 1. The normalized spacial score (nSPS) is 10.5. The topological polar surface area (TPSA) is 47.0 Å². The zero-order valence-corrected chi connectivity index (χ0v) is 15.6. The minimum absolute atomic E-state index is 0.365. The zero-order chi connectivity index (χ0) is 15.4. The molecule has 0 atom stereocenters. The molecule has 0 aliphatic carbocycles. The second kappa shape index (κ2) is 7.63. The summed E-state index contributed by atoms with van der Waals surface area (Å²) in [5.74, 6) is 1.45. The molecule has 0 amide bonds. The molecule has 1 aromatic heterocycles. The molecule has 0 radical (unpaired) electrons. The molecule has 21 heavy (non-hydrogen) atoms. The average Bonchev–Trinajstić information content (AvgIpc) is 2.45. The summed E-state index contributed by atoms with van der Waals surface area (Å²) in [4.78, 5) is 8.26. The first-order chi connectivity index (χ1) is 10.0. The van der Waals surface area contributed by atoms with E-state index in [1.165, 1.54) is 6.33 Å². The van der Waals surface area contributed by atoms with Crippen molar-refractivity contribution in [2.45, 2.75) is 13.3 Å². The van der Waals surface area contributed by atoms with E-state index in [1.54, 1.807) is 12.1 Å². The Hall–Kier alpha value is -0.560. The van der Waals surface area contributed by atoms with E-state index in [0.29, 0.717) is 36.4 Å².